The highest BCUT2D eigenvalue weighted by molar-refractivity contribution is 5.73. The van der Waals surface area contributed by atoms with Crippen molar-refractivity contribution in [3.63, 3.8) is 0 Å². The third kappa shape index (κ3) is 2.80. The Morgan fingerprint density at radius 3 is 2.06 bits per heavy atom. The molecule has 0 spiro atoms. The first kappa shape index (κ1) is 11.7. The van der Waals surface area contributed by atoms with E-state index in [4.69, 9.17) is 10.2 Å². The van der Waals surface area contributed by atoms with Gasteiger partial charge in [-0.2, -0.15) is 0 Å². The van der Waals surface area contributed by atoms with Gasteiger partial charge in [-0.1, -0.05) is 0 Å². The highest BCUT2D eigenvalue weighted by atomic mass is 16.4. The Kier molecular flexibility index (Phi) is 3.24. The molecule has 16 heavy (non-hydrogen) atoms. The van der Waals surface area contributed by atoms with Gasteiger partial charge in [0, 0.05) is 11.3 Å². The molecular weight excluding hydrogens is 220 g/mol. The minimum absolute atomic E-state index is 0.191. The van der Waals surface area contributed by atoms with Crippen molar-refractivity contribution in [3.8, 4) is 0 Å². The van der Waals surface area contributed by atoms with Gasteiger partial charge in [-0.15, -0.1) is 0 Å². The number of aliphatic carboxylic acids is 2. The standard InChI is InChI=1S/C8H8N2O6/c11-5(12)1-3-4(2-6(13)14)9-8(16)10-7(3)15/h1-2H2,(H,11,12)(H,13,14)(H2,9,10,15,16). The summed E-state index contributed by atoms with van der Waals surface area (Å²) in [5.74, 6) is -2.56. The van der Waals surface area contributed by atoms with Gasteiger partial charge in [0.1, 0.15) is 0 Å². The van der Waals surface area contributed by atoms with Gasteiger partial charge in [-0.05, 0) is 0 Å². The van der Waals surface area contributed by atoms with Crippen molar-refractivity contribution >= 4 is 11.9 Å². The lowest BCUT2D eigenvalue weighted by molar-refractivity contribution is -0.137. The Balaban J connectivity index is 3.31. The first-order chi connectivity index (χ1) is 7.40. The molecule has 0 aliphatic rings. The lowest BCUT2D eigenvalue weighted by Gasteiger charge is -2.03. The van der Waals surface area contributed by atoms with Crippen molar-refractivity contribution in [2.45, 2.75) is 12.8 Å². The summed E-state index contributed by atoms with van der Waals surface area (Å²) in [5, 5.41) is 17.1. The van der Waals surface area contributed by atoms with E-state index in [1.165, 1.54) is 0 Å². The molecule has 1 aromatic rings. The molecule has 1 heterocycles. The fourth-order valence-electron chi connectivity index (χ4n) is 1.20. The van der Waals surface area contributed by atoms with E-state index in [1.807, 2.05) is 4.98 Å². The first-order valence-corrected chi connectivity index (χ1v) is 4.18. The summed E-state index contributed by atoms with van der Waals surface area (Å²) in [7, 11) is 0. The van der Waals surface area contributed by atoms with Gasteiger partial charge in [-0.25, -0.2) is 4.79 Å². The zero-order valence-electron chi connectivity index (χ0n) is 7.94. The Bertz CT molecular complexity index is 540. The van der Waals surface area contributed by atoms with Gasteiger partial charge < -0.3 is 15.2 Å². The smallest absolute Gasteiger partial charge is 0.325 e. The lowest BCUT2D eigenvalue weighted by atomic mass is 10.1. The maximum Gasteiger partial charge on any atom is 0.325 e. The lowest BCUT2D eigenvalue weighted by Crippen LogP contribution is -2.30. The summed E-state index contributed by atoms with van der Waals surface area (Å²) >= 11 is 0. The van der Waals surface area contributed by atoms with E-state index in [1.54, 1.807) is 0 Å². The van der Waals surface area contributed by atoms with Crippen LogP contribution in [-0.2, 0) is 22.4 Å². The molecule has 0 radical (unpaired) electrons. The number of hydrogen-bond donors (Lipinski definition) is 4. The molecule has 86 valence electrons. The number of aromatic amines is 2. The largest absolute Gasteiger partial charge is 0.481 e. The predicted molar refractivity (Wildman–Crippen MR) is 50.4 cm³/mol. The Labute approximate surface area is 87.6 Å². The van der Waals surface area contributed by atoms with E-state index in [2.05, 4.69) is 4.98 Å². The van der Waals surface area contributed by atoms with Crippen molar-refractivity contribution in [1.29, 1.82) is 0 Å². The summed E-state index contributed by atoms with van der Waals surface area (Å²) in [6.07, 6.45) is -1.25. The molecule has 0 bridgehead atoms. The maximum atomic E-state index is 11.2. The van der Waals surface area contributed by atoms with E-state index in [0.717, 1.165) is 0 Å². The number of H-pyrrole nitrogens is 2. The van der Waals surface area contributed by atoms with E-state index in [9.17, 15) is 19.2 Å². The Morgan fingerprint density at radius 1 is 1.00 bits per heavy atom. The van der Waals surface area contributed by atoms with Crippen LogP contribution in [0.5, 0.6) is 0 Å². The van der Waals surface area contributed by atoms with Crippen LogP contribution >= 0.6 is 0 Å². The van der Waals surface area contributed by atoms with E-state index in [-0.39, 0.29) is 11.3 Å². The zero-order valence-corrected chi connectivity index (χ0v) is 7.94. The van der Waals surface area contributed by atoms with Crippen molar-refractivity contribution in [2.75, 3.05) is 0 Å². The van der Waals surface area contributed by atoms with Crippen LogP contribution in [0.15, 0.2) is 9.59 Å². The Morgan fingerprint density at radius 2 is 1.56 bits per heavy atom. The first-order valence-electron chi connectivity index (χ1n) is 4.18. The van der Waals surface area contributed by atoms with Crippen LogP contribution in [-0.4, -0.2) is 32.1 Å². The van der Waals surface area contributed by atoms with Gasteiger partial charge in [0.05, 0.1) is 12.8 Å². The molecular formula is C8H8N2O6. The van der Waals surface area contributed by atoms with Crippen LogP contribution in [0, 0.1) is 0 Å². The van der Waals surface area contributed by atoms with Crippen molar-refractivity contribution in [3.05, 3.63) is 32.1 Å². The van der Waals surface area contributed by atoms with Gasteiger partial charge >= 0.3 is 17.6 Å². The second kappa shape index (κ2) is 4.43. The molecule has 0 aliphatic heterocycles. The highest BCUT2D eigenvalue weighted by Crippen LogP contribution is 2.00. The molecule has 1 rings (SSSR count). The molecule has 8 heteroatoms. The second-order valence-corrected chi connectivity index (χ2v) is 3.01. The zero-order chi connectivity index (χ0) is 12.3. The normalized spacial score (nSPS) is 10.0. The molecule has 0 amide bonds. The molecule has 0 fully saturated rings. The Hall–Kier alpha value is -2.38. The third-order valence-electron chi connectivity index (χ3n) is 1.79. The van der Waals surface area contributed by atoms with Crippen LogP contribution in [0.3, 0.4) is 0 Å². The fourth-order valence-corrected chi connectivity index (χ4v) is 1.20. The minimum Gasteiger partial charge on any atom is -0.481 e. The number of hydrogen-bond acceptors (Lipinski definition) is 4. The van der Waals surface area contributed by atoms with E-state index in [0.29, 0.717) is 0 Å². The molecule has 0 unspecified atom stereocenters. The van der Waals surface area contributed by atoms with Crippen LogP contribution < -0.4 is 11.2 Å². The van der Waals surface area contributed by atoms with Crippen LogP contribution in [0.2, 0.25) is 0 Å². The van der Waals surface area contributed by atoms with Gasteiger partial charge in [0.25, 0.3) is 5.56 Å². The predicted octanol–water partition coefficient (Wildman–Crippen LogP) is -1.68. The van der Waals surface area contributed by atoms with Gasteiger partial charge in [0.2, 0.25) is 0 Å². The molecule has 0 saturated carbocycles. The second-order valence-electron chi connectivity index (χ2n) is 3.01. The van der Waals surface area contributed by atoms with Gasteiger partial charge in [-0.3, -0.25) is 19.4 Å². The fraction of sp³-hybridized carbons (Fsp3) is 0.250. The summed E-state index contributed by atoms with van der Waals surface area (Å²) in [5.41, 5.74) is -2.20. The van der Waals surface area contributed by atoms with E-state index >= 15 is 0 Å². The quantitative estimate of drug-likeness (QED) is 0.485. The molecule has 1 aromatic heterocycles. The molecule has 0 aromatic carbocycles. The van der Waals surface area contributed by atoms with Crippen molar-refractivity contribution < 1.29 is 19.8 Å². The number of rotatable bonds is 4. The van der Waals surface area contributed by atoms with Gasteiger partial charge in [0.15, 0.2) is 0 Å². The third-order valence-corrected chi connectivity index (χ3v) is 1.79. The summed E-state index contributed by atoms with van der Waals surface area (Å²) < 4.78 is 0. The van der Waals surface area contributed by atoms with Crippen molar-refractivity contribution in [1.82, 2.24) is 9.97 Å². The molecule has 0 aliphatic carbocycles. The number of nitrogens with one attached hydrogen (secondary N) is 2. The highest BCUT2D eigenvalue weighted by Gasteiger charge is 2.15. The van der Waals surface area contributed by atoms with Crippen LogP contribution in [0.25, 0.3) is 0 Å². The average Bonchev–Trinajstić information content (AvgIpc) is 2.09. The summed E-state index contributed by atoms with van der Waals surface area (Å²) in [4.78, 5) is 47.0. The van der Waals surface area contributed by atoms with E-state index < -0.39 is 36.0 Å². The van der Waals surface area contributed by atoms with Crippen LogP contribution in [0.4, 0.5) is 0 Å². The van der Waals surface area contributed by atoms with Crippen molar-refractivity contribution in [2.24, 2.45) is 0 Å². The monoisotopic (exact) mass is 228 g/mol. The maximum absolute atomic E-state index is 11.2. The average molecular weight is 228 g/mol. The number of carboxylic acids is 2. The molecule has 0 atom stereocenters. The molecule has 0 saturated heterocycles. The molecule has 4 N–H and O–H groups in total. The van der Waals surface area contributed by atoms with Crippen LogP contribution in [0.1, 0.15) is 11.3 Å². The number of carboxylic acid groups (broad SMARTS) is 2. The summed E-state index contributed by atoms with van der Waals surface area (Å²) in [6, 6.07) is 0. The topological polar surface area (TPSA) is 140 Å². The number of aromatic nitrogens is 2. The number of carbonyl (C=O) groups is 2. The summed E-state index contributed by atoms with van der Waals surface area (Å²) in [6.45, 7) is 0. The minimum atomic E-state index is -1.29. The SMILES string of the molecule is O=C(O)Cc1[nH]c(=O)[nH]c(=O)c1CC(=O)O. The molecule has 8 nitrogen and oxygen atoms in total.